The molecule has 0 bridgehead atoms. The Labute approximate surface area is 142 Å². The predicted molar refractivity (Wildman–Crippen MR) is 91.9 cm³/mol. The maximum Gasteiger partial charge on any atom is 0.255 e. The van der Waals surface area contributed by atoms with Crippen LogP contribution in [0.15, 0.2) is 42.2 Å². The summed E-state index contributed by atoms with van der Waals surface area (Å²) in [5, 5.41) is 5.52. The van der Waals surface area contributed by atoms with Crippen molar-refractivity contribution in [2.24, 2.45) is 0 Å². The topological polar surface area (TPSA) is 67.2 Å². The number of hydrogen-bond donors (Lipinski definition) is 1. The molecule has 0 aliphatic carbocycles. The van der Waals surface area contributed by atoms with Gasteiger partial charge in [0.15, 0.2) is 0 Å². The van der Waals surface area contributed by atoms with Crippen LogP contribution in [0.4, 0.5) is 0 Å². The van der Waals surface area contributed by atoms with Crippen molar-refractivity contribution < 1.29 is 9.59 Å². The van der Waals surface area contributed by atoms with Gasteiger partial charge in [-0.1, -0.05) is 18.2 Å². The summed E-state index contributed by atoms with van der Waals surface area (Å²) in [6, 6.07) is 7.42. The monoisotopic (exact) mass is 340 g/mol. The normalized spacial score (nSPS) is 16.9. The summed E-state index contributed by atoms with van der Waals surface area (Å²) < 4.78 is 2.93. The van der Waals surface area contributed by atoms with E-state index in [0.29, 0.717) is 18.7 Å². The van der Waals surface area contributed by atoms with Crippen LogP contribution in [-0.4, -0.2) is 39.9 Å². The molecule has 1 aliphatic rings. The average molecular weight is 340 g/mol. The van der Waals surface area contributed by atoms with Crippen molar-refractivity contribution in [1.82, 2.24) is 19.8 Å². The van der Waals surface area contributed by atoms with Gasteiger partial charge in [-0.3, -0.25) is 9.59 Å². The summed E-state index contributed by atoms with van der Waals surface area (Å²) in [6.45, 7) is 0.794. The van der Waals surface area contributed by atoms with Crippen molar-refractivity contribution in [1.29, 1.82) is 0 Å². The molecule has 1 aliphatic heterocycles. The summed E-state index contributed by atoms with van der Waals surface area (Å²) in [7, 11) is 1.60. The second-order valence-electron chi connectivity index (χ2n) is 5.75. The average Bonchev–Trinajstić information content (AvgIpc) is 3.26. The predicted octanol–water partition coefficient (Wildman–Crippen LogP) is 2.04. The van der Waals surface area contributed by atoms with Gasteiger partial charge in [-0.15, -0.1) is 11.3 Å². The fourth-order valence-corrected chi connectivity index (χ4v) is 4.07. The Morgan fingerprint density at radius 3 is 3.00 bits per heavy atom. The number of aromatic nitrogens is 2. The number of nitrogens with one attached hydrogen (secondary N) is 1. The van der Waals surface area contributed by atoms with Crippen molar-refractivity contribution in [3.63, 3.8) is 0 Å². The Balaban J connectivity index is 1.70. The van der Waals surface area contributed by atoms with Gasteiger partial charge in [0.1, 0.15) is 6.04 Å². The first-order valence-electron chi connectivity index (χ1n) is 7.67. The number of carbonyl (C=O) groups excluding carboxylic acids is 2. The van der Waals surface area contributed by atoms with Gasteiger partial charge in [-0.25, -0.2) is 4.98 Å². The van der Waals surface area contributed by atoms with Crippen LogP contribution >= 0.6 is 11.3 Å². The molecule has 3 aromatic rings. The van der Waals surface area contributed by atoms with Crippen LogP contribution in [0.3, 0.4) is 0 Å². The molecule has 0 saturated carbocycles. The maximum absolute atomic E-state index is 13.0. The van der Waals surface area contributed by atoms with Crippen molar-refractivity contribution in [2.45, 2.75) is 12.6 Å². The van der Waals surface area contributed by atoms with E-state index in [9.17, 15) is 9.59 Å². The van der Waals surface area contributed by atoms with E-state index in [0.717, 1.165) is 15.8 Å². The summed E-state index contributed by atoms with van der Waals surface area (Å²) in [5.41, 5.74) is 1.56. The maximum atomic E-state index is 13.0. The van der Waals surface area contributed by atoms with Crippen LogP contribution in [0, 0.1) is 0 Å². The third-order valence-corrected chi connectivity index (χ3v) is 5.34. The van der Waals surface area contributed by atoms with E-state index < -0.39 is 6.04 Å². The minimum Gasteiger partial charge on any atom is -0.357 e. The van der Waals surface area contributed by atoms with E-state index in [-0.39, 0.29) is 11.8 Å². The Morgan fingerprint density at radius 1 is 1.33 bits per heavy atom. The number of benzene rings is 1. The van der Waals surface area contributed by atoms with Crippen LogP contribution in [-0.2, 0) is 11.3 Å². The van der Waals surface area contributed by atoms with Crippen LogP contribution < -0.4 is 5.32 Å². The molecular formula is C17H16N4O2S. The highest BCUT2D eigenvalue weighted by Gasteiger charge is 2.32. The molecule has 0 saturated heterocycles. The molecule has 0 fully saturated rings. The number of thiophene rings is 1. The van der Waals surface area contributed by atoms with E-state index in [1.165, 1.54) is 0 Å². The van der Waals surface area contributed by atoms with Gasteiger partial charge in [0.05, 0.1) is 30.7 Å². The first-order chi connectivity index (χ1) is 11.7. The standard InChI is InChI=1S/C17H16N4O2S/c1-18-16(22)14-8-20(7-11-6-19-10-21(11)14)17(23)13-9-24-15-5-3-2-4-12(13)15/h2-6,9-10,14H,7-8H2,1H3,(H,18,22). The first-order valence-corrected chi connectivity index (χ1v) is 8.55. The second-order valence-corrected chi connectivity index (χ2v) is 6.66. The zero-order valence-corrected chi connectivity index (χ0v) is 13.9. The molecule has 4 rings (SSSR count). The number of imidazole rings is 1. The van der Waals surface area contributed by atoms with E-state index in [1.54, 1.807) is 35.8 Å². The summed E-state index contributed by atoms with van der Waals surface area (Å²) >= 11 is 1.56. The van der Waals surface area contributed by atoms with Crippen LogP contribution in [0.25, 0.3) is 10.1 Å². The molecule has 2 amide bonds. The summed E-state index contributed by atoms with van der Waals surface area (Å²) in [6.07, 6.45) is 3.36. The number of carbonyl (C=O) groups is 2. The third kappa shape index (κ3) is 2.28. The lowest BCUT2D eigenvalue weighted by atomic mass is 10.1. The van der Waals surface area contributed by atoms with Crippen LogP contribution in [0.1, 0.15) is 22.1 Å². The van der Waals surface area contributed by atoms with Crippen molar-refractivity contribution in [2.75, 3.05) is 13.6 Å². The van der Waals surface area contributed by atoms with Gasteiger partial charge in [-0.2, -0.15) is 0 Å². The van der Waals surface area contributed by atoms with Gasteiger partial charge in [0, 0.05) is 28.7 Å². The van der Waals surface area contributed by atoms with Crippen molar-refractivity contribution in [3.8, 4) is 0 Å². The lowest BCUT2D eigenvalue weighted by Gasteiger charge is -2.33. The Morgan fingerprint density at radius 2 is 2.17 bits per heavy atom. The number of rotatable bonds is 2. The molecule has 24 heavy (non-hydrogen) atoms. The molecule has 122 valence electrons. The Kier molecular flexibility index (Phi) is 3.57. The smallest absolute Gasteiger partial charge is 0.255 e. The van der Waals surface area contributed by atoms with Crippen molar-refractivity contribution >= 4 is 33.2 Å². The van der Waals surface area contributed by atoms with E-state index in [2.05, 4.69) is 10.3 Å². The molecular weight excluding hydrogens is 324 g/mol. The zero-order valence-electron chi connectivity index (χ0n) is 13.1. The second kappa shape index (κ2) is 5.76. The van der Waals surface area contributed by atoms with E-state index in [4.69, 9.17) is 0 Å². The number of fused-ring (bicyclic) bond motifs is 2. The molecule has 1 N–H and O–H groups in total. The van der Waals surface area contributed by atoms with Gasteiger partial charge >= 0.3 is 0 Å². The molecule has 6 nitrogen and oxygen atoms in total. The molecule has 0 radical (unpaired) electrons. The molecule has 1 unspecified atom stereocenters. The highest BCUT2D eigenvalue weighted by atomic mass is 32.1. The number of hydrogen-bond acceptors (Lipinski definition) is 4. The minimum absolute atomic E-state index is 0.0474. The fourth-order valence-electron chi connectivity index (χ4n) is 3.14. The first kappa shape index (κ1) is 14.9. The lowest BCUT2D eigenvalue weighted by Crippen LogP contribution is -2.45. The summed E-state index contributed by atoms with van der Waals surface area (Å²) in [5.74, 6) is -0.171. The van der Waals surface area contributed by atoms with Gasteiger partial charge in [0.2, 0.25) is 5.91 Å². The number of amides is 2. The van der Waals surface area contributed by atoms with Gasteiger partial charge in [0.25, 0.3) is 5.91 Å². The summed E-state index contributed by atoms with van der Waals surface area (Å²) in [4.78, 5) is 31.1. The van der Waals surface area contributed by atoms with Gasteiger partial charge < -0.3 is 14.8 Å². The molecule has 0 spiro atoms. The lowest BCUT2D eigenvalue weighted by molar-refractivity contribution is -0.124. The Bertz CT molecular complexity index is 929. The largest absolute Gasteiger partial charge is 0.357 e. The van der Waals surface area contributed by atoms with Gasteiger partial charge in [-0.05, 0) is 6.07 Å². The Hall–Kier alpha value is -2.67. The van der Waals surface area contributed by atoms with Crippen LogP contribution in [0.2, 0.25) is 0 Å². The quantitative estimate of drug-likeness (QED) is 0.776. The molecule has 1 aromatic carbocycles. The minimum atomic E-state index is -0.449. The highest BCUT2D eigenvalue weighted by Crippen LogP contribution is 2.29. The molecule has 3 heterocycles. The SMILES string of the molecule is CNC(=O)C1CN(C(=O)c2csc3ccccc23)Cc2cncn21. The highest BCUT2D eigenvalue weighted by molar-refractivity contribution is 7.17. The van der Waals surface area contributed by atoms with E-state index in [1.807, 2.05) is 34.2 Å². The zero-order chi connectivity index (χ0) is 16.7. The molecule has 2 aromatic heterocycles. The van der Waals surface area contributed by atoms with Crippen molar-refractivity contribution in [3.05, 3.63) is 53.4 Å². The third-order valence-electron chi connectivity index (χ3n) is 4.38. The fraction of sp³-hybridized carbons (Fsp3) is 0.235. The number of likely N-dealkylation sites (N-methyl/N-ethyl adjacent to an activating group) is 1. The number of nitrogens with zero attached hydrogens (tertiary/aromatic N) is 3. The van der Waals surface area contributed by atoms with Crippen LogP contribution in [0.5, 0.6) is 0 Å². The molecule has 1 atom stereocenters. The molecule has 7 heteroatoms. The van der Waals surface area contributed by atoms with E-state index >= 15 is 0 Å².